The average Bonchev–Trinajstić information content (AvgIpc) is 3.04. The number of fused-ring (bicyclic) bond motifs is 4. The second-order valence-corrected chi connectivity index (χ2v) is 6.53. The maximum absolute atomic E-state index is 14.5. The Labute approximate surface area is 150 Å². The highest BCUT2D eigenvalue weighted by atomic mass is 19.1. The molecule has 0 spiro atoms. The van der Waals surface area contributed by atoms with Gasteiger partial charge in [0.05, 0.1) is 11.9 Å². The number of anilines is 1. The first-order chi connectivity index (χ1) is 12.6. The van der Waals surface area contributed by atoms with Crippen LogP contribution in [0.25, 0.3) is 16.9 Å². The highest BCUT2D eigenvalue weighted by molar-refractivity contribution is 5.95. The molecule has 1 aliphatic heterocycles. The Morgan fingerprint density at radius 1 is 1.12 bits per heavy atom. The molecule has 7 heteroatoms. The lowest BCUT2D eigenvalue weighted by Gasteiger charge is -2.09. The third kappa shape index (κ3) is 3.00. The summed E-state index contributed by atoms with van der Waals surface area (Å²) in [7, 11) is 0. The second kappa shape index (κ2) is 6.74. The van der Waals surface area contributed by atoms with Gasteiger partial charge in [-0.2, -0.15) is 0 Å². The fraction of sp³-hybridized carbons (Fsp3) is 0.316. The predicted octanol–water partition coefficient (Wildman–Crippen LogP) is 3.17. The van der Waals surface area contributed by atoms with Gasteiger partial charge in [-0.1, -0.05) is 0 Å². The number of rotatable bonds is 0. The quantitative estimate of drug-likeness (QED) is 0.651. The van der Waals surface area contributed by atoms with Crippen LogP contribution in [0.3, 0.4) is 0 Å². The van der Waals surface area contributed by atoms with Crippen molar-refractivity contribution in [1.82, 2.24) is 19.9 Å². The van der Waals surface area contributed by atoms with E-state index in [1.165, 1.54) is 12.1 Å². The molecular weight excluding hydrogens is 333 g/mol. The van der Waals surface area contributed by atoms with E-state index in [0.717, 1.165) is 37.2 Å². The van der Waals surface area contributed by atoms with Crippen LogP contribution in [-0.4, -0.2) is 33.6 Å². The summed E-state index contributed by atoms with van der Waals surface area (Å²) < 4.78 is 16.2. The average molecular weight is 353 g/mol. The minimum absolute atomic E-state index is 0.196. The summed E-state index contributed by atoms with van der Waals surface area (Å²) in [6.07, 6.45) is 4.47. The number of hydrogen-bond donors (Lipinski definition) is 2. The number of hydrogen-bond acceptors (Lipinski definition) is 4. The summed E-state index contributed by atoms with van der Waals surface area (Å²) in [6, 6.07) is 6.32. The standard InChI is InChI=1S/C19H20FN5O/c1-12-9-17-21-7-3-2-4-8-22-19(26)13-5-6-15(20)14(10-13)16-11-23-18(12)25(16)24-17/h5-6,9-11H,2-4,7-8H2,1H3,(H,21,24)(H,22,26). The Kier molecular flexibility index (Phi) is 4.28. The van der Waals surface area contributed by atoms with Gasteiger partial charge in [-0.15, -0.1) is 5.10 Å². The zero-order chi connectivity index (χ0) is 18.1. The Bertz CT molecular complexity index is 981. The Balaban J connectivity index is 1.90. The molecule has 4 bridgehead atoms. The maximum atomic E-state index is 14.5. The van der Waals surface area contributed by atoms with Crippen molar-refractivity contribution in [2.45, 2.75) is 26.2 Å². The molecule has 2 N–H and O–H groups in total. The largest absolute Gasteiger partial charge is 0.369 e. The van der Waals surface area contributed by atoms with E-state index in [-0.39, 0.29) is 5.91 Å². The monoisotopic (exact) mass is 353 g/mol. The van der Waals surface area contributed by atoms with Gasteiger partial charge in [-0.3, -0.25) is 4.79 Å². The van der Waals surface area contributed by atoms with Crippen LogP contribution in [0, 0.1) is 12.7 Å². The van der Waals surface area contributed by atoms with Crippen molar-refractivity contribution in [3.05, 3.63) is 47.4 Å². The number of halogens is 1. The summed E-state index contributed by atoms with van der Waals surface area (Å²) in [5.41, 5.74) is 2.88. The van der Waals surface area contributed by atoms with Crippen molar-refractivity contribution in [1.29, 1.82) is 0 Å². The second-order valence-electron chi connectivity index (χ2n) is 6.53. The maximum Gasteiger partial charge on any atom is 0.251 e. The van der Waals surface area contributed by atoms with E-state index in [1.54, 1.807) is 16.8 Å². The SMILES string of the molecule is Cc1cc2nn3c(cnc13)-c1cc(ccc1F)C(=O)NCCCCCN2. The Morgan fingerprint density at radius 2 is 1.92 bits per heavy atom. The third-order valence-electron chi connectivity index (χ3n) is 4.60. The zero-order valence-electron chi connectivity index (χ0n) is 14.6. The van der Waals surface area contributed by atoms with Gasteiger partial charge in [0.2, 0.25) is 0 Å². The smallest absolute Gasteiger partial charge is 0.251 e. The summed E-state index contributed by atoms with van der Waals surface area (Å²) in [5.74, 6) is 0.123. The third-order valence-corrected chi connectivity index (χ3v) is 4.60. The summed E-state index contributed by atoms with van der Waals surface area (Å²) in [6.45, 7) is 3.35. The van der Waals surface area contributed by atoms with E-state index in [4.69, 9.17) is 0 Å². The number of aryl methyl sites for hydroxylation is 1. The predicted molar refractivity (Wildman–Crippen MR) is 97.8 cm³/mol. The molecule has 2 aromatic heterocycles. The van der Waals surface area contributed by atoms with Gasteiger partial charge in [0.15, 0.2) is 5.65 Å². The molecule has 3 aromatic rings. The van der Waals surface area contributed by atoms with Crippen molar-refractivity contribution in [2.75, 3.05) is 18.4 Å². The van der Waals surface area contributed by atoms with Crippen LogP contribution < -0.4 is 10.6 Å². The molecule has 1 amide bonds. The molecule has 1 aliphatic rings. The van der Waals surface area contributed by atoms with E-state index < -0.39 is 5.82 Å². The molecule has 0 atom stereocenters. The van der Waals surface area contributed by atoms with Crippen LogP contribution >= 0.6 is 0 Å². The molecule has 3 heterocycles. The first kappa shape index (κ1) is 16.5. The number of benzene rings is 1. The molecule has 0 aliphatic carbocycles. The van der Waals surface area contributed by atoms with Gasteiger partial charge >= 0.3 is 0 Å². The Hall–Kier alpha value is -2.96. The van der Waals surface area contributed by atoms with Crippen molar-refractivity contribution in [3.8, 4) is 11.3 Å². The summed E-state index contributed by atoms with van der Waals surface area (Å²) in [5, 5.41) is 10.8. The van der Waals surface area contributed by atoms with Gasteiger partial charge in [0.1, 0.15) is 11.6 Å². The molecule has 0 fully saturated rings. The molecule has 0 saturated carbocycles. The lowest BCUT2D eigenvalue weighted by atomic mass is 10.1. The number of nitrogens with zero attached hydrogens (tertiary/aromatic N) is 3. The van der Waals surface area contributed by atoms with Gasteiger partial charge < -0.3 is 10.6 Å². The summed E-state index contributed by atoms with van der Waals surface area (Å²) in [4.78, 5) is 16.7. The number of aromatic nitrogens is 3. The normalized spacial score (nSPS) is 15.2. The van der Waals surface area contributed by atoms with Gasteiger partial charge in [-0.05, 0) is 56.0 Å². The fourth-order valence-corrected chi connectivity index (χ4v) is 3.20. The highest BCUT2D eigenvalue weighted by Crippen LogP contribution is 2.26. The number of imidazole rings is 1. The van der Waals surface area contributed by atoms with Crippen LogP contribution in [0.15, 0.2) is 30.5 Å². The minimum Gasteiger partial charge on any atom is -0.369 e. The van der Waals surface area contributed by atoms with Crippen molar-refractivity contribution in [2.24, 2.45) is 0 Å². The van der Waals surface area contributed by atoms with Crippen LogP contribution in [0.2, 0.25) is 0 Å². The zero-order valence-corrected chi connectivity index (χ0v) is 14.6. The van der Waals surface area contributed by atoms with E-state index in [0.29, 0.717) is 29.0 Å². The molecule has 0 radical (unpaired) electrons. The van der Waals surface area contributed by atoms with Crippen LogP contribution in [-0.2, 0) is 0 Å². The lowest BCUT2D eigenvalue weighted by Crippen LogP contribution is -2.24. The summed E-state index contributed by atoms with van der Waals surface area (Å²) >= 11 is 0. The van der Waals surface area contributed by atoms with Gasteiger partial charge in [-0.25, -0.2) is 13.9 Å². The molecule has 26 heavy (non-hydrogen) atoms. The first-order valence-corrected chi connectivity index (χ1v) is 8.81. The molecule has 1 aromatic carbocycles. The number of carbonyl (C=O) groups excluding carboxylic acids is 1. The van der Waals surface area contributed by atoms with Crippen LogP contribution in [0.1, 0.15) is 35.2 Å². The van der Waals surface area contributed by atoms with E-state index in [9.17, 15) is 9.18 Å². The van der Waals surface area contributed by atoms with E-state index >= 15 is 0 Å². The van der Waals surface area contributed by atoms with Crippen molar-refractivity contribution < 1.29 is 9.18 Å². The molecule has 4 rings (SSSR count). The minimum atomic E-state index is -0.412. The number of carbonyl (C=O) groups is 1. The number of nitrogens with one attached hydrogen (secondary N) is 2. The Morgan fingerprint density at radius 3 is 2.77 bits per heavy atom. The van der Waals surface area contributed by atoms with Crippen LogP contribution in [0.5, 0.6) is 0 Å². The van der Waals surface area contributed by atoms with E-state index in [2.05, 4.69) is 20.7 Å². The van der Waals surface area contributed by atoms with Crippen molar-refractivity contribution in [3.63, 3.8) is 0 Å². The fourth-order valence-electron chi connectivity index (χ4n) is 3.20. The topological polar surface area (TPSA) is 71.3 Å². The molecular formula is C19H20FN5O. The first-order valence-electron chi connectivity index (χ1n) is 8.81. The molecule has 0 saturated heterocycles. The van der Waals surface area contributed by atoms with Crippen molar-refractivity contribution >= 4 is 17.4 Å². The molecule has 134 valence electrons. The number of amides is 1. The molecule has 0 unspecified atom stereocenters. The van der Waals surface area contributed by atoms with E-state index in [1.807, 2.05) is 13.0 Å². The highest BCUT2D eigenvalue weighted by Gasteiger charge is 2.17. The molecule has 6 nitrogen and oxygen atoms in total. The van der Waals surface area contributed by atoms with Crippen LogP contribution in [0.4, 0.5) is 10.2 Å². The van der Waals surface area contributed by atoms with Gasteiger partial charge in [0, 0.05) is 24.2 Å². The lowest BCUT2D eigenvalue weighted by molar-refractivity contribution is 0.0953. The van der Waals surface area contributed by atoms with Gasteiger partial charge in [0.25, 0.3) is 5.91 Å².